The van der Waals surface area contributed by atoms with E-state index in [1.54, 1.807) is 0 Å². The van der Waals surface area contributed by atoms with Gasteiger partial charge in [0, 0.05) is 0 Å². The minimum atomic E-state index is -3.84. The molecule has 0 unspecified atom stereocenters. The molecule has 0 fully saturated rings. The lowest BCUT2D eigenvalue weighted by Gasteiger charge is -2.41. The number of rotatable bonds is 14. The second-order valence-electron chi connectivity index (χ2n) is 10.7. The van der Waals surface area contributed by atoms with Gasteiger partial charge in [0.05, 0.1) is 11.5 Å². The third kappa shape index (κ3) is 7.63. The Morgan fingerprint density at radius 3 is 0.839 bits per heavy atom. The molecule has 0 aliphatic rings. The summed E-state index contributed by atoms with van der Waals surface area (Å²) in [5.41, 5.74) is 0.773. The summed E-state index contributed by atoms with van der Waals surface area (Å²) in [6.45, 7) is 24.3. The van der Waals surface area contributed by atoms with Crippen molar-refractivity contribution in [1.29, 1.82) is 0 Å². The van der Waals surface area contributed by atoms with E-state index in [2.05, 4.69) is 0 Å². The fourth-order valence-electron chi connectivity index (χ4n) is 5.51. The van der Waals surface area contributed by atoms with Crippen LogP contribution in [0.2, 0.25) is 33.2 Å². The molecular formula is C21H48O6S2Si2. The van der Waals surface area contributed by atoms with Crippen LogP contribution < -0.4 is 0 Å². The predicted molar refractivity (Wildman–Crippen MR) is 136 cm³/mol. The van der Waals surface area contributed by atoms with Crippen LogP contribution in [0.25, 0.3) is 0 Å². The molecular weight excluding hydrogens is 469 g/mol. The molecule has 0 aromatic heterocycles. The third-order valence-electron chi connectivity index (χ3n) is 6.75. The molecule has 0 atom stereocenters. The van der Waals surface area contributed by atoms with Gasteiger partial charge in [0.25, 0.3) is 20.2 Å². The van der Waals surface area contributed by atoms with E-state index in [0.717, 1.165) is 0 Å². The fourth-order valence-corrected chi connectivity index (χ4v) is 23.5. The van der Waals surface area contributed by atoms with Crippen LogP contribution in [0.1, 0.15) is 89.5 Å². The third-order valence-corrected chi connectivity index (χ3v) is 23.5. The highest BCUT2D eigenvalue weighted by Gasteiger charge is 2.50. The zero-order chi connectivity index (χ0) is 25.0. The summed E-state index contributed by atoms with van der Waals surface area (Å²) in [7, 11) is -12.9. The van der Waals surface area contributed by atoms with Crippen LogP contribution in [0.5, 0.6) is 0 Å². The number of hydrogen-bond donors (Lipinski definition) is 0. The minimum Gasteiger partial charge on any atom is -0.314 e. The van der Waals surface area contributed by atoms with Crippen LogP contribution in [0.4, 0.5) is 0 Å². The topological polar surface area (TPSA) is 86.7 Å². The Kier molecular flexibility index (Phi) is 11.7. The lowest BCUT2D eigenvalue weighted by molar-refractivity contribution is 0.442. The van der Waals surface area contributed by atoms with E-state index in [9.17, 15) is 16.8 Å². The maximum absolute atomic E-state index is 12.8. The van der Waals surface area contributed by atoms with Gasteiger partial charge in [0.2, 0.25) is 16.6 Å². The first-order valence-corrected chi connectivity index (χ1v) is 19.1. The van der Waals surface area contributed by atoms with Gasteiger partial charge in [-0.1, -0.05) is 83.1 Å². The fraction of sp³-hybridized carbons (Fsp3) is 1.00. The van der Waals surface area contributed by atoms with Crippen molar-refractivity contribution in [1.82, 2.24) is 0 Å². The Labute approximate surface area is 195 Å². The molecule has 0 heterocycles. The van der Waals surface area contributed by atoms with Gasteiger partial charge in [-0.05, 0) is 39.7 Å². The Morgan fingerprint density at radius 2 is 0.677 bits per heavy atom. The highest BCUT2D eigenvalue weighted by Crippen LogP contribution is 2.44. The highest BCUT2D eigenvalue weighted by atomic mass is 32.2. The second kappa shape index (κ2) is 11.6. The quantitative estimate of drug-likeness (QED) is 0.248. The van der Waals surface area contributed by atoms with Crippen molar-refractivity contribution in [2.75, 3.05) is 11.5 Å². The van der Waals surface area contributed by atoms with E-state index < -0.39 is 36.9 Å². The first kappa shape index (κ1) is 31.3. The van der Waals surface area contributed by atoms with Crippen molar-refractivity contribution in [3.05, 3.63) is 0 Å². The molecule has 0 bridgehead atoms. The largest absolute Gasteiger partial charge is 0.314 e. The van der Waals surface area contributed by atoms with Crippen molar-refractivity contribution in [2.45, 2.75) is 123 Å². The molecule has 188 valence electrons. The van der Waals surface area contributed by atoms with Gasteiger partial charge in [0.15, 0.2) is 0 Å². The molecule has 0 N–H and O–H groups in total. The van der Waals surface area contributed by atoms with E-state index in [4.69, 9.17) is 7.74 Å². The highest BCUT2D eigenvalue weighted by molar-refractivity contribution is 7.88. The van der Waals surface area contributed by atoms with Crippen molar-refractivity contribution < 1.29 is 24.6 Å². The van der Waals surface area contributed by atoms with Crippen LogP contribution in [0, 0.1) is 0 Å². The Hall–Kier alpha value is 0.254. The second-order valence-corrected chi connectivity index (χ2v) is 25.4. The van der Waals surface area contributed by atoms with E-state index >= 15 is 0 Å². The van der Waals surface area contributed by atoms with Crippen LogP contribution in [0.15, 0.2) is 0 Å². The average Bonchev–Trinajstić information content (AvgIpc) is 2.55. The molecule has 0 rings (SSSR count). The molecule has 0 aromatic rings. The van der Waals surface area contributed by atoms with Gasteiger partial charge < -0.3 is 7.74 Å². The summed E-state index contributed by atoms with van der Waals surface area (Å²) in [6.07, 6.45) is -0.0256. The lowest BCUT2D eigenvalue weighted by Crippen LogP contribution is -2.50. The Bertz CT molecular complexity index is 649. The van der Waals surface area contributed by atoms with E-state index in [-0.39, 0.29) is 51.2 Å². The van der Waals surface area contributed by atoms with Crippen LogP contribution >= 0.6 is 0 Å². The molecule has 0 aliphatic heterocycles. The molecule has 0 saturated heterocycles. The SMILES string of the molecule is CC(C)[Si](OS(=O)(=O)CCCS(=O)(=O)O[Si](C(C)C)(C(C)C)C(C)C)(C(C)C)C(C)C. The molecule has 0 saturated carbocycles. The molecule has 0 spiro atoms. The van der Waals surface area contributed by atoms with Crippen LogP contribution in [-0.4, -0.2) is 45.0 Å². The van der Waals surface area contributed by atoms with Crippen LogP contribution in [0.3, 0.4) is 0 Å². The summed E-state index contributed by atoms with van der Waals surface area (Å²) in [6, 6.07) is 0. The summed E-state index contributed by atoms with van der Waals surface area (Å²) >= 11 is 0. The standard InChI is InChI=1S/C21H48O6S2Si2/c1-16(2)30(17(3)4,18(5)6)26-28(22,23)14-13-15-29(24,25)27-31(19(7)8,20(9)10)21(11)12/h16-21H,13-15H2,1-12H3. The van der Waals surface area contributed by atoms with Gasteiger partial charge >= 0.3 is 0 Å². The molecule has 6 nitrogen and oxygen atoms in total. The first-order valence-electron chi connectivity index (χ1n) is 11.6. The summed E-state index contributed by atoms with van der Waals surface area (Å²) in [4.78, 5) is 0. The smallest absolute Gasteiger partial charge is 0.257 e. The normalized spacial score (nSPS) is 14.8. The summed E-state index contributed by atoms with van der Waals surface area (Å²) < 4.78 is 63.2. The van der Waals surface area contributed by atoms with Crippen molar-refractivity contribution in [3.8, 4) is 0 Å². The van der Waals surface area contributed by atoms with E-state index in [1.165, 1.54) is 0 Å². The number of hydrogen-bond acceptors (Lipinski definition) is 6. The predicted octanol–water partition coefficient (Wildman–Crippen LogP) is 6.42. The zero-order valence-electron chi connectivity index (χ0n) is 21.9. The maximum atomic E-state index is 12.8. The van der Waals surface area contributed by atoms with Gasteiger partial charge in [-0.3, -0.25) is 0 Å². The molecule has 0 amide bonds. The van der Waals surface area contributed by atoms with Gasteiger partial charge in [0.1, 0.15) is 0 Å². The van der Waals surface area contributed by atoms with Gasteiger partial charge in [-0.15, -0.1) is 0 Å². The van der Waals surface area contributed by atoms with E-state index in [0.29, 0.717) is 0 Å². The van der Waals surface area contributed by atoms with Crippen molar-refractivity contribution in [3.63, 3.8) is 0 Å². The van der Waals surface area contributed by atoms with E-state index in [1.807, 2.05) is 83.1 Å². The molecule has 0 aliphatic carbocycles. The lowest BCUT2D eigenvalue weighted by atomic mass is 10.5. The van der Waals surface area contributed by atoms with Gasteiger partial charge in [-0.25, -0.2) is 16.8 Å². The van der Waals surface area contributed by atoms with Crippen molar-refractivity contribution >= 4 is 36.9 Å². The molecule has 31 heavy (non-hydrogen) atoms. The average molecular weight is 517 g/mol. The Morgan fingerprint density at radius 1 is 0.484 bits per heavy atom. The van der Waals surface area contributed by atoms with Crippen LogP contribution in [-0.2, 0) is 28.0 Å². The molecule has 0 radical (unpaired) electrons. The molecule has 10 heteroatoms. The monoisotopic (exact) mass is 516 g/mol. The summed E-state index contributed by atoms with van der Waals surface area (Å²) in [5.74, 6) is -0.619. The van der Waals surface area contributed by atoms with Crippen molar-refractivity contribution in [2.24, 2.45) is 0 Å². The van der Waals surface area contributed by atoms with Gasteiger partial charge in [-0.2, -0.15) is 0 Å². The minimum absolute atomic E-state index is 0.0256. The maximum Gasteiger partial charge on any atom is 0.257 e. The summed E-state index contributed by atoms with van der Waals surface area (Å²) in [5, 5.41) is 0. The molecule has 0 aromatic carbocycles. The zero-order valence-corrected chi connectivity index (χ0v) is 25.5. The Balaban J connectivity index is 5.48. The first-order chi connectivity index (χ1) is 13.8.